The number of anilines is 2. The van der Waals surface area contributed by atoms with E-state index in [2.05, 4.69) is 15.3 Å². The Labute approximate surface area is 185 Å². The van der Waals surface area contributed by atoms with Crippen molar-refractivity contribution in [3.8, 4) is 0 Å². The van der Waals surface area contributed by atoms with Gasteiger partial charge in [0.25, 0.3) is 11.8 Å². The maximum absolute atomic E-state index is 13.7. The second-order valence-corrected chi connectivity index (χ2v) is 9.01. The lowest BCUT2D eigenvalue weighted by Gasteiger charge is -2.34. The summed E-state index contributed by atoms with van der Waals surface area (Å²) < 4.78 is 68.0. The Balaban J connectivity index is 1.67. The molecule has 0 unspecified atom stereocenters. The SMILES string of the molecule is CSc1cc(NC(=O)c2c(N3CCC4(CC3)CC4(F)F)ncc(C(F)(F)F)c2C)ccn1. The molecule has 1 aliphatic carbocycles. The number of nitrogens with zero attached hydrogens (tertiary/aromatic N) is 3. The van der Waals surface area contributed by atoms with Crippen LogP contribution in [0.4, 0.5) is 33.5 Å². The number of alkyl halides is 5. The molecule has 5 nitrogen and oxygen atoms in total. The Kier molecular flexibility index (Phi) is 5.59. The molecule has 1 spiro atoms. The van der Waals surface area contributed by atoms with Gasteiger partial charge in [0.15, 0.2) is 0 Å². The predicted molar refractivity (Wildman–Crippen MR) is 111 cm³/mol. The minimum absolute atomic E-state index is 0.0750. The van der Waals surface area contributed by atoms with Gasteiger partial charge in [-0.15, -0.1) is 11.8 Å². The number of rotatable bonds is 4. The molecule has 1 amide bonds. The third kappa shape index (κ3) is 4.02. The van der Waals surface area contributed by atoms with E-state index >= 15 is 0 Å². The first-order valence-corrected chi connectivity index (χ1v) is 11.2. The van der Waals surface area contributed by atoms with Gasteiger partial charge in [0.05, 0.1) is 16.2 Å². The summed E-state index contributed by atoms with van der Waals surface area (Å²) in [5, 5.41) is 3.26. The summed E-state index contributed by atoms with van der Waals surface area (Å²) in [6, 6.07) is 3.14. The highest BCUT2D eigenvalue weighted by molar-refractivity contribution is 7.98. The second-order valence-electron chi connectivity index (χ2n) is 8.18. The van der Waals surface area contributed by atoms with Crippen LogP contribution in [0.15, 0.2) is 29.6 Å². The molecule has 0 radical (unpaired) electrons. The summed E-state index contributed by atoms with van der Waals surface area (Å²) in [5.74, 6) is -3.36. The van der Waals surface area contributed by atoms with E-state index in [4.69, 9.17) is 0 Å². The number of piperidine rings is 1. The number of aromatic nitrogens is 2. The molecular formula is C21H21F5N4OS. The van der Waals surface area contributed by atoms with Crippen LogP contribution in [-0.4, -0.2) is 41.1 Å². The van der Waals surface area contributed by atoms with Gasteiger partial charge in [-0.25, -0.2) is 18.7 Å². The highest BCUT2D eigenvalue weighted by Crippen LogP contribution is 2.66. The van der Waals surface area contributed by atoms with E-state index < -0.39 is 29.0 Å². The van der Waals surface area contributed by atoms with E-state index in [1.54, 1.807) is 17.2 Å². The fraction of sp³-hybridized carbons (Fsp3) is 0.476. The van der Waals surface area contributed by atoms with Gasteiger partial charge < -0.3 is 10.2 Å². The van der Waals surface area contributed by atoms with Gasteiger partial charge in [0, 0.05) is 43.0 Å². The van der Waals surface area contributed by atoms with Crippen molar-refractivity contribution in [1.82, 2.24) is 9.97 Å². The molecule has 172 valence electrons. The zero-order chi connectivity index (χ0) is 23.3. The van der Waals surface area contributed by atoms with Crippen molar-refractivity contribution in [2.24, 2.45) is 5.41 Å². The van der Waals surface area contributed by atoms with E-state index in [0.717, 1.165) is 0 Å². The average Bonchev–Trinajstić information content (AvgIpc) is 3.26. The topological polar surface area (TPSA) is 58.1 Å². The van der Waals surface area contributed by atoms with Crippen LogP contribution in [0.25, 0.3) is 0 Å². The Bertz CT molecular complexity index is 1050. The van der Waals surface area contributed by atoms with Crippen molar-refractivity contribution < 1.29 is 26.7 Å². The standard InChI is InChI=1S/C21H21F5N4OS/c1-12-14(21(24,25)26)10-28-17(30-7-4-19(5-8-30)11-20(19,22)23)16(12)18(31)29-13-3-6-27-15(9-13)32-2/h3,6,9-10H,4-5,7-8,11H2,1-2H3,(H,27,29,31). The number of thioether (sulfide) groups is 1. The van der Waals surface area contributed by atoms with E-state index in [1.807, 2.05) is 0 Å². The zero-order valence-corrected chi connectivity index (χ0v) is 18.2. The van der Waals surface area contributed by atoms with Crippen LogP contribution in [0.2, 0.25) is 0 Å². The minimum Gasteiger partial charge on any atom is -0.356 e. The molecule has 1 saturated carbocycles. The summed E-state index contributed by atoms with van der Waals surface area (Å²) in [4.78, 5) is 22.8. The minimum atomic E-state index is -4.69. The molecule has 2 aromatic rings. The van der Waals surface area contributed by atoms with Crippen LogP contribution >= 0.6 is 11.8 Å². The Morgan fingerprint density at radius 3 is 2.44 bits per heavy atom. The molecule has 0 aromatic carbocycles. The predicted octanol–water partition coefficient (Wildman–Crippen LogP) is 5.40. The zero-order valence-electron chi connectivity index (χ0n) is 17.4. The van der Waals surface area contributed by atoms with Crippen LogP contribution in [0.1, 0.15) is 40.7 Å². The molecule has 2 aliphatic rings. The van der Waals surface area contributed by atoms with Gasteiger partial charge in [-0.05, 0) is 43.7 Å². The summed E-state index contributed by atoms with van der Waals surface area (Å²) in [7, 11) is 0. The fourth-order valence-electron chi connectivity index (χ4n) is 4.25. The van der Waals surface area contributed by atoms with Crippen LogP contribution in [0.3, 0.4) is 0 Å². The number of amides is 1. The third-order valence-electron chi connectivity index (χ3n) is 6.28. The van der Waals surface area contributed by atoms with Gasteiger partial charge in [-0.2, -0.15) is 13.2 Å². The molecule has 4 rings (SSSR count). The third-order valence-corrected chi connectivity index (χ3v) is 6.93. The first-order valence-electron chi connectivity index (χ1n) is 9.98. The lowest BCUT2D eigenvalue weighted by molar-refractivity contribution is -0.138. The Hall–Kier alpha value is -2.43. The molecule has 1 saturated heterocycles. The first-order chi connectivity index (χ1) is 15.0. The van der Waals surface area contributed by atoms with Crippen molar-refractivity contribution in [1.29, 1.82) is 0 Å². The normalized spacial score (nSPS) is 19.2. The smallest absolute Gasteiger partial charge is 0.356 e. The molecule has 1 aliphatic heterocycles. The number of hydrogen-bond acceptors (Lipinski definition) is 5. The average molecular weight is 472 g/mol. The van der Waals surface area contributed by atoms with Gasteiger partial charge in [-0.1, -0.05) is 0 Å². The van der Waals surface area contributed by atoms with Crippen molar-refractivity contribution >= 4 is 29.2 Å². The highest BCUT2D eigenvalue weighted by Gasteiger charge is 2.70. The maximum atomic E-state index is 13.7. The number of pyridine rings is 2. The highest BCUT2D eigenvalue weighted by atomic mass is 32.2. The largest absolute Gasteiger partial charge is 0.418 e. The van der Waals surface area contributed by atoms with E-state index in [1.165, 1.54) is 30.9 Å². The van der Waals surface area contributed by atoms with Gasteiger partial charge >= 0.3 is 6.18 Å². The molecule has 2 fully saturated rings. The van der Waals surface area contributed by atoms with E-state index in [0.29, 0.717) is 16.9 Å². The quantitative estimate of drug-likeness (QED) is 0.477. The molecular weight excluding hydrogens is 451 g/mol. The number of nitrogens with one attached hydrogen (secondary N) is 1. The number of hydrogen-bond donors (Lipinski definition) is 1. The van der Waals surface area contributed by atoms with Gasteiger partial charge in [0.2, 0.25) is 0 Å². The van der Waals surface area contributed by atoms with Crippen LogP contribution in [-0.2, 0) is 6.18 Å². The van der Waals surface area contributed by atoms with Crippen molar-refractivity contribution in [3.05, 3.63) is 41.2 Å². The molecule has 3 heterocycles. The summed E-state index contributed by atoms with van der Waals surface area (Å²) in [5.41, 5.74) is -2.12. The summed E-state index contributed by atoms with van der Waals surface area (Å²) >= 11 is 1.35. The van der Waals surface area contributed by atoms with Crippen LogP contribution < -0.4 is 10.2 Å². The molecule has 32 heavy (non-hydrogen) atoms. The first kappa shape index (κ1) is 22.8. The van der Waals surface area contributed by atoms with Crippen molar-refractivity contribution in [2.75, 3.05) is 29.6 Å². The van der Waals surface area contributed by atoms with Gasteiger partial charge in [-0.3, -0.25) is 4.79 Å². The Morgan fingerprint density at radius 1 is 1.22 bits per heavy atom. The monoisotopic (exact) mass is 472 g/mol. The fourth-order valence-corrected chi connectivity index (χ4v) is 4.66. The van der Waals surface area contributed by atoms with E-state index in [9.17, 15) is 26.7 Å². The van der Waals surface area contributed by atoms with Gasteiger partial charge in [0.1, 0.15) is 5.82 Å². The number of carbonyl (C=O) groups is 1. The molecule has 1 N–H and O–H groups in total. The molecule has 2 aromatic heterocycles. The molecule has 0 atom stereocenters. The molecule has 11 heteroatoms. The lowest BCUT2D eigenvalue weighted by atomic mass is 9.92. The second kappa shape index (κ2) is 7.86. The number of carbonyl (C=O) groups excluding carboxylic acids is 1. The maximum Gasteiger partial charge on any atom is 0.418 e. The summed E-state index contributed by atoms with van der Waals surface area (Å²) in [6.07, 6.45) is -0.459. The molecule has 0 bridgehead atoms. The van der Waals surface area contributed by atoms with Crippen molar-refractivity contribution in [2.45, 2.75) is 43.3 Å². The van der Waals surface area contributed by atoms with Crippen molar-refractivity contribution in [3.63, 3.8) is 0 Å². The van der Waals surface area contributed by atoms with Crippen LogP contribution in [0.5, 0.6) is 0 Å². The summed E-state index contributed by atoms with van der Waals surface area (Å²) in [6.45, 7) is 1.61. The van der Waals surface area contributed by atoms with E-state index in [-0.39, 0.29) is 49.3 Å². The van der Waals surface area contributed by atoms with Crippen LogP contribution in [0, 0.1) is 12.3 Å². The lowest BCUT2D eigenvalue weighted by Crippen LogP contribution is -2.38. The number of halogens is 5. The Morgan fingerprint density at radius 2 is 1.88 bits per heavy atom.